The van der Waals surface area contributed by atoms with Gasteiger partial charge in [-0.2, -0.15) is 11.8 Å². The predicted octanol–water partition coefficient (Wildman–Crippen LogP) is 3.32. The Labute approximate surface area is 99.1 Å². The van der Waals surface area contributed by atoms with Crippen molar-refractivity contribution in [3.05, 3.63) is 11.6 Å². The minimum atomic E-state index is 0.588. The normalized spacial score (nSPS) is 23.1. The highest BCUT2D eigenvalue weighted by Crippen LogP contribution is 2.26. The molecule has 0 radical (unpaired) electrons. The molecule has 1 N–H and O–H groups in total. The van der Waals surface area contributed by atoms with Crippen LogP contribution in [0.1, 0.15) is 34.1 Å². The van der Waals surface area contributed by atoms with Crippen molar-refractivity contribution in [3.8, 4) is 0 Å². The molecule has 1 saturated heterocycles. The Balaban J connectivity index is 2.48. The fourth-order valence-corrected chi connectivity index (χ4v) is 2.97. The molecule has 0 aromatic rings. The molecule has 0 spiro atoms. The van der Waals surface area contributed by atoms with Crippen LogP contribution in [0.3, 0.4) is 0 Å². The van der Waals surface area contributed by atoms with Crippen LogP contribution in [0, 0.1) is 11.8 Å². The molecule has 1 aliphatic heterocycles. The largest absolute Gasteiger partial charge is 0.311 e. The third-order valence-electron chi connectivity index (χ3n) is 2.87. The summed E-state index contributed by atoms with van der Waals surface area (Å²) in [4.78, 5) is 0. The molecule has 1 aliphatic rings. The molecule has 0 bridgehead atoms. The van der Waals surface area contributed by atoms with Crippen molar-refractivity contribution >= 4 is 11.8 Å². The topological polar surface area (TPSA) is 12.0 Å². The molecule has 1 unspecified atom stereocenters. The number of hydrogen-bond acceptors (Lipinski definition) is 2. The van der Waals surface area contributed by atoms with Gasteiger partial charge in [-0.3, -0.25) is 0 Å². The van der Waals surface area contributed by atoms with Gasteiger partial charge in [-0.1, -0.05) is 39.3 Å². The van der Waals surface area contributed by atoms with Gasteiger partial charge in [0.15, 0.2) is 0 Å². The van der Waals surface area contributed by atoms with Crippen LogP contribution in [0.2, 0.25) is 0 Å². The average molecular weight is 227 g/mol. The minimum Gasteiger partial charge on any atom is -0.311 e. The van der Waals surface area contributed by atoms with Crippen LogP contribution < -0.4 is 5.32 Å². The molecular weight excluding hydrogens is 202 g/mol. The molecule has 0 amide bonds. The molecular formula is C13H25NS. The van der Waals surface area contributed by atoms with E-state index in [-0.39, 0.29) is 0 Å². The van der Waals surface area contributed by atoms with Crippen molar-refractivity contribution in [2.45, 2.75) is 40.2 Å². The van der Waals surface area contributed by atoms with E-state index >= 15 is 0 Å². The molecule has 1 rings (SSSR count). The highest BCUT2D eigenvalue weighted by atomic mass is 32.2. The summed E-state index contributed by atoms with van der Waals surface area (Å²) in [6.07, 6.45) is 3.91. The lowest BCUT2D eigenvalue weighted by molar-refractivity contribution is 0.581. The van der Waals surface area contributed by atoms with Gasteiger partial charge >= 0.3 is 0 Å². The van der Waals surface area contributed by atoms with Gasteiger partial charge in [0, 0.05) is 12.6 Å². The van der Waals surface area contributed by atoms with E-state index < -0.39 is 0 Å². The van der Waals surface area contributed by atoms with Crippen LogP contribution in [0.15, 0.2) is 11.6 Å². The fourth-order valence-electron chi connectivity index (χ4n) is 1.76. The molecule has 1 nitrogen and oxygen atoms in total. The van der Waals surface area contributed by atoms with Crippen molar-refractivity contribution < 1.29 is 0 Å². The van der Waals surface area contributed by atoms with Gasteiger partial charge in [0.1, 0.15) is 0 Å². The first-order valence-corrected chi connectivity index (χ1v) is 7.26. The molecule has 1 atom stereocenters. The summed E-state index contributed by atoms with van der Waals surface area (Å²) in [5.74, 6) is 4.20. The zero-order valence-corrected chi connectivity index (χ0v) is 11.4. The van der Waals surface area contributed by atoms with Crippen LogP contribution >= 0.6 is 11.8 Å². The van der Waals surface area contributed by atoms with Gasteiger partial charge < -0.3 is 5.32 Å². The minimum absolute atomic E-state index is 0.588. The van der Waals surface area contributed by atoms with E-state index in [9.17, 15) is 0 Å². The Morgan fingerprint density at radius 1 is 1.40 bits per heavy atom. The van der Waals surface area contributed by atoms with Crippen molar-refractivity contribution in [3.63, 3.8) is 0 Å². The number of allylic oxidation sites excluding steroid dienone is 1. The first-order chi connectivity index (χ1) is 7.09. The molecule has 0 aliphatic carbocycles. The number of thioether (sulfide) groups is 1. The molecule has 1 heterocycles. The molecule has 88 valence electrons. The zero-order chi connectivity index (χ0) is 11.3. The fraction of sp³-hybridized carbons (Fsp3) is 0.846. The predicted molar refractivity (Wildman–Crippen MR) is 71.5 cm³/mol. The van der Waals surface area contributed by atoms with Gasteiger partial charge in [-0.15, -0.1) is 0 Å². The molecule has 0 aromatic heterocycles. The Bertz CT molecular complexity index is 203. The Kier molecular flexibility index (Phi) is 5.77. The SMILES string of the molecule is CC(C)NCC(=CC1CCSC1)C(C)C. The molecule has 0 saturated carbocycles. The first kappa shape index (κ1) is 13.1. The lowest BCUT2D eigenvalue weighted by atomic mass is 9.97. The monoisotopic (exact) mass is 227 g/mol. The first-order valence-electron chi connectivity index (χ1n) is 6.11. The smallest absolute Gasteiger partial charge is 0.0169 e. The maximum atomic E-state index is 3.53. The van der Waals surface area contributed by atoms with E-state index in [1.807, 2.05) is 0 Å². The molecule has 2 heteroatoms. The number of hydrogen-bond donors (Lipinski definition) is 1. The summed E-state index contributed by atoms with van der Waals surface area (Å²) in [6.45, 7) is 10.1. The third kappa shape index (κ3) is 5.07. The molecule has 15 heavy (non-hydrogen) atoms. The van der Waals surface area contributed by atoms with Gasteiger partial charge in [0.25, 0.3) is 0 Å². The van der Waals surface area contributed by atoms with Crippen LogP contribution in [-0.4, -0.2) is 24.1 Å². The molecule has 1 fully saturated rings. The average Bonchev–Trinajstić information content (AvgIpc) is 2.63. The van der Waals surface area contributed by atoms with E-state index in [1.165, 1.54) is 17.9 Å². The lowest BCUT2D eigenvalue weighted by Crippen LogP contribution is -2.26. The summed E-state index contributed by atoms with van der Waals surface area (Å²) >= 11 is 2.10. The van der Waals surface area contributed by atoms with Crippen LogP contribution in [-0.2, 0) is 0 Å². The number of rotatable bonds is 5. The zero-order valence-electron chi connectivity index (χ0n) is 10.5. The number of nitrogens with one attached hydrogen (secondary N) is 1. The van der Waals surface area contributed by atoms with E-state index in [0.717, 1.165) is 12.5 Å². The lowest BCUT2D eigenvalue weighted by Gasteiger charge is -2.16. The van der Waals surface area contributed by atoms with E-state index in [4.69, 9.17) is 0 Å². The van der Waals surface area contributed by atoms with Gasteiger partial charge in [-0.05, 0) is 29.8 Å². The second-order valence-electron chi connectivity index (χ2n) is 5.06. The summed E-state index contributed by atoms with van der Waals surface area (Å²) < 4.78 is 0. The highest BCUT2D eigenvalue weighted by Gasteiger charge is 2.15. The van der Waals surface area contributed by atoms with Gasteiger partial charge in [0.2, 0.25) is 0 Å². The van der Waals surface area contributed by atoms with Crippen LogP contribution in [0.25, 0.3) is 0 Å². The van der Waals surface area contributed by atoms with Crippen LogP contribution in [0.4, 0.5) is 0 Å². The Morgan fingerprint density at radius 3 is 2.60 bits per heavy atom. The quantitative estimate of drug-likeness (QED) is 0.723. The van der Waals surface area contributed by atoms with E-state index in [1.54, 1.807) is 5.57 Å². The maximum absolute atomic E-state index is 3.53. The maximum Gasteiger partial charge on any atom is 0.0169 e. The summed E-state index contributed by atoms with van der Waals surface area (Å²) in [7, 11) is 0. The van der Waals surface area contributed by atoms with Crippen molar-refractivity contribution in [2.24, 2.45) is 11.8 Å². The van der Waals surface area contributed by atoms with Crippen molar-refractivity contribution in [1.82, 2.24) is 5.32 Å². The molecule has 0 aromatic carbocycles. The van der Waals surface area contributed by atoms with E-state index in [2.05, 4.69) is 50.8 Å². The highest BCUT2D eigenvalue weighted by molar-refractivity contribution is 7.99. The Hall–Kier alpha value is 0.0500. The Morgan fingerprint density at radius 2 is 2.13 bits per heavy atom. The summed E-state index contributed by atoms with van der Waals surface area (Å²) in [5.41, 5.74) is 1.59. The van der Waals surface area contributed by atoms with Crippen LogP contribution in [0.5, 0.6) is 0 Å². The third-order valence-corrected chi connectivity index (χ3v) is 4.06. The van der Waals surface area contributed by atoms with E-state index in [0.29, 0.717) is 12.0 Å². The van der Waals surface area contributed by atoms with Crippen molar-refractivity contribution in [2.75, 3.05) is 18.1 Å². The standard InChI is InChI=1S/C13H25NS/c1-10(2)13(8-14-11(3)4)7-12-5-6-15-9-12/h7,10-12,14H,5-6,8-9H2,1-4H3. The van der Waals surface area contributed by atoms with Gasteiger partial charge in [-0.25, -0.2) is 0 Å². The second kappa shape index (κ2) is 6.59. The van der Waals surface area contributed by atoms with Gasteiger partial charge in [0.05, 0.1) is 0 Å². The summed E-state index contributed by atoms with van der Waals surface area (Å²) in [6, 6.07) is 0.588. The van der Waals surface area contributed by atoms with Crippen molar-refractivity contribution in [1.29, 1.82) is 0 Å². The second-order valence-corrected chi connectivity index (χ2v) is 6.21. The summed E-state index contributed by atoms with van der Waals surface area (Å²) in [5, 5.41) is 3.53.